The quantitative estimate of drug-likeness (QED) is 0.567. The Morgan fingerprint density at radius 2 is 1.91 bits per heavy atom. The monoisotopic (exact) mass is 473 g/mol. The molecule has 32 heavy (non-hydrogen) atoms. The van der Waals surface area contributed by atoms with Crippen molar-refractivity contribution in [2.24, 2.45) is 0 Å². The lowest BCUT2D eigenvalue weighted by molar-refractivity contribution is -0.117. The summed E-state index contributed by atoms with van der Waals surface area (Å²) in [6.07, 6.45) is 0.718. The van der Waals surface area contributed by atoms with Gasteiger partial charge in [-0.25, -0.2) is 13.4 Å². The Labute approximate surface area is 190 Å². The molecular formula is C22H23N3O5S2. The first-order chi connectivity index (χ1) is 15.3. The number of amides is 1. The van der Waals surface area contributed by atoms with E-state index < -0.39 is 22.0 Å². The molecule has 0 fully saturated rings. The second-order valence-electron chi connectivity index (χ2n) is 7.32. The van der Waals surface area contributed by atoms with E-state index in [-0.39, 0.29) is 4.90 Å². The molecule has 0 saturated heterocycles. The maximum Gasteiger partial charge on any atom is 0.242 e. The van der Waals surface area contributed by atoms with Gasteiger partial charge in [0, 0.05) is 29.1 Å². The topological polar surface area (TPSA) is 107 Å². The first kappa shape index (κ1) is 22.3. The normalized spacial score (nSPS) is 14.4. The van der Waals surface area contributed by atoms with Crippen LogP contribution in [0, 0.1) is 6.92 Å². The first-order valence-corrected chi connectivity index (χ1v) is 12.4. The molecule has 0 spiro atoms. The number of thiazole rings is 1. The van der Waals surface area contributed by atoms with E-state index in [0.29, 0.717) is 30.4 Å². The Bertz CT molecular complexity index is 1240. The Balaban J connectivity index is 1.45. The lowest BCUT2D eigenvalue weighted by Crippen LogP contribution is -2.41. The average molecular weight is 474 g/mol. The van der Waals surface area contributed by atoms with Crippen molar-refractivity contribution in [3.63, 3.8) is 0 Å². The van der Waals surface area contributed by atoms with E-state index in [2.05, 4.69) is 15.0 Å². The Hall–Kier alpha value is -2.95. The second-order valence-corrected chi connectivity index (χ2v) is 10.1. The van der Waals surface area contributed by atoms with Gasteiger partial charge in [-0.3, -0.25) is 4.79 Å². The zero-order valence-corrected chi connectivity index (χ0v) is 19.3. The van der Waals surface area contributed by atoms with E-state index in [0.717, 1.165) is 22.7 Å². The fraction of sp³-hybridized carbons (Fsp3) is 0.273. The molecule has 0 bridgehead atoms. The van der Waals surface area contributed by atoms with E-state index in [4.69, 9.17) is 9.47 Å². The molecule has 1 aliphatic heterocycles. The number of ether oxygens (including phenoxy) is 2. The molecule has 1 atom stereocenters. The summed E-state index contributed by atoms with van der Waals surface area (Å²) in [7, 11) is -3.95. The van der Waals surface area contributed by atoms with Gasteiger partial charge in [0.15, 0.2) is 11.5 Å². The van der Waals surface area contributed by atoms with Crippen molar-refractivity contribution in [2.45, 2.75) is 31.2 Å². The maximum absolute atomic E-state index is 12.8. The molecule has 2 N–H and O–H groups in total. The fourth-order valence-electron chi connectivity index (χ4n) is 3.17. The van der Waals surface area contributed by atoms with Crippen molar-refractivity contribution in [1.29, 1.82) is 0 Å². The van der Waals surface area contributed by atoms with Crippen LogP contribution in [-0.4, -0.2) is 38.6 Å². The molecule has 0 aliphatic carbocycles. The van der Waals surface area contributed by atoms with Gasteiger partial charge in [0.05, 0.1) is 34.9 Å². The van der Waals surface area contributed by atoms with Gasteiger partial charge < -0.3 is 14.8 Å². The number of benzene rings is 2. The summed E-state index contributed by atoms with van der Waals surface area (Å²) in [5.74, 6) is 0.397. The molecule has 2 heterocycles. The molecule has 0 radical (unpaired) electrons. The zero-order chi connectivity index (χ0) is 22.7. The number of carbonyl (C=O) groups is 1. The van der Waals surface area contributed by atoms with Crippen LogP contribution in [0.2, 0.25) is 0 Å². The van der Waals surface area contributed by atoms with E-state index in [9.17, 15) is 13.2 Å². The smallest absolute Gasteiger partial charge is 0.242 e. The molecule has 1 amide bonds. The van der Waals surface area contributed by atoms with E-state index in [1.807, 2.05) is 24.4 Å². The van der Waals surface area contributed by atoms with Gasteiger partial charge in [-0.2, -0.15) is 4.72 Å². The van der Waals surface area contributed by atoms with Crippen molar-refractivity contribution in [2.75, 3.05) is 18.5 Å². The maximum atomic E-state index is 12.8. The van der Waals surface area contributed by atoms with Crippen molar-refractivity contribution >= 4 is 33.0 Å². The minimum atomic E-state index is -3.95. The van der Waals surface area contributed by atoms with Gasteiger partial charge in [0.2, 0.25) is 15.9 Å². The number of anilines is 1. The average Bonchev–Trinajstić information content (AvgIpc) is 3.06. The summed E-state index contributed by atoms with van der Waals surface area (Å²) in [5, 5.41) is 5.65. The predicted octanol–water partition coefficient (Wildman–Crippen LogP) is 3.59. The van der Waals surface area contributed by atoms with Crippen molar-refractivity contribution in [3.05, 3.63) is 52.9 Å². The third-order valence-electron chi connectivity index (χ3n) is 4.80. The molecule has 0 saturated carbocycles. The van der Waals surface area contributed by atoms with Crippen LogP contribution in [0.25, 0.3) is 11.3 Å². The van der Waals surface area contributed by atoms with E-state index >= 15 is 0 Å². The summed E-state index contributed by atoms with van der Waals surface area (Å²) in [5.41, 5.74) is 2.25. The number of hydrogen-bond donors (Lipinski definition) is 2. The number of aryl methyl sites for hydroxylation is 1. The number of sulfonamides is 1. The van der Waals surface area contributed by atoms with Gasteiger partial charge in [-0.15, -0.1) is 11.3 Å². The van der Waals surface area contributed by atoms with Gasteiger partial charge in [-0.1, -0.05) is 12.1 Å². The third kappa shape index (κ3) is 5.09. The number of fused-ring (bicyclic) bond motifs is 1. The summed E-state index contributed by atoms with van der Waals surface area (Å²) >= 11 is 1.55. The van der Waals surface area contributed by atoms with Gasteiger partial charge in [-0.05, 0) is 38.1 Å². The standard InChI is InChI=1S/C22H23N3O5S2/c1-14(22(26)24-17-6-3-5-16(11-17)19-13-31-15(2)23-19)25-32(27,28)18-7-8-20-21(12-18)30-10-4-9-29-20/h3,5-8,11-14,25H,4,9-10H2,1-2H3,(H,24,26)/t14-/m1/s1. The molecule has 4 rings (SSSR count). The molecule has 1 aromatic heterocycles. The molecule has 10 heteroatoms. The van der Waals surface area contributed by atoms with Crippen LogP contribution in [0.15, 0.2) is 52.7 Å². The Morgan fingerprint density at radius 1 is 1.12 bits per heavy atom. The summed E-state index contributed by atoms with van der Waals surface area (Å²) in [6.45, 7) is 4.38. The fourth-order valence-corrected chi connectivity index (χ4v) is 5.01. The van der Waals surface area contributed by atoms with E-state index in [1.165, 1.54) is 19.1 Å². The molecule has 1 aliphatic rings. The highest BCUT2D eigenvalue weighted by atomic mass is 32.2. The molecule has 8 nitrogen and oxygen atoms in total. The minimum absolute atomic E-state index is 0.00213. The summed E-state index contributed by atoms with van der Waals surface area (Å²) < 4.78 is 39.2. The molecule has 3 aromatic rings. The number of rotatable bonds is 6. The van der Waals surface area contributed by atoms with Gasteiger partial charge in [0.25, 0.3) is 0 Å². The van der Waals surface area contributed by atoms with Crippen molar-refractivity contribution < 1.29 is 22.7 Å². The molecular weight excluding hydrogens is 450 g/mol. The summed E-state index contributed by atoms with van der Waals surface area (Å²) in [6, 6.07) is 10.7. The van der Waals surface area contributed by atoms with Crippen LogP contribution >= 0.6 is 11.3 Å². The largest absolute Gasteiger partial charge is 0.490 e. The lowest BCUT2D eigenvalue weighted by atomic mass is 10.1. The van der Waals surface area contributed by atoms with Gasteiger partial charge >= 0.3 is 0 Å². The van der Waals surface area contributed by atoms with E-state index in [1.54, 1.807) is 29.5 Å². The highest BCUT2D eigenvalue weighted by Gasteiger charge is 2.24. The number of hydrogen-bond acceptors (Lipinski definition) is 7. The Morgan fingerprint density at radius 3 is 2.66 bits per heavy atom. The summed E-state index contributed by atoms with van der Waals surface area (Å²) in [4.78, 5) is 17.1. The first-order valence-electron chi connectivity index (χ1n) is 10.1. The van der Waals surface area contributed by atoms with Crippen molar-refractivity contribution in [1.82, 2.24) is 9.71 Å². The van der Waals surface area contributed by atoms with Crippen molar-refractivity contribution in [3.8, 4) is 22.8 Å². The molecule has 0 unspecified atom stereocenters. The lowest BCUT2D eigenvalue weighted by Gasteiger charge is -2.16. The minimum Gasteiger partial charge on any atom is -0.490 e. The second kappa shape index (κ2) is 9.27. The predicted molar refractivity (Wildman–Crippen MR) is 123 cm³/mol. The third-order valence-corrected chi connectivity index (χ3v) is 7.11. The number of carbonyl (C=O) groups excluding carboxylic acids is 1. The van der Waals surface area contributed by atoms with Crippen LogP contribution in [0.4, 0.5) is 5.69 Å². The zero-order valence-electron chi connectivity index (χ0n) is 17.6. The van der Waals surface area contributed by atoms with Crippen LogP contribution in [-0.2, 0) is 14.8 Å². The van der Waals surface area contributed by atoms with Crippen LogP contribution in [0.5, 0.6) is 11.5 Å². The number of aromatic nitrogens is 1. The SMILES string of the molecule is Cc1nc(-c2cccc(NC(=O)[C@@H](C)NS(=O)(=O)c3ccc4c(c3)OCCCO4)c2)cs1. The van der Waals surface area contributed by atoms with Crippen LogP contribution < -0.4 is 19.5 Å². The highest BCUT2D eigenvalue weighted by molar-refractivity contribution is 7.89. The molecule has 168 valence electrons. The van der Waals surface area contributed by atoms with Gasteiger partial charge in [0.1, 0.15) is 0 Å². The molecule has 2 aromatic carbocycles. The Kier molecular flexibility index (Phi) is 6.45. The number of nitrogens with one attached hydrogen (secondary N) is 2. The number of nitrogens with zero attached hydrogens (tertiary/aromatic N) is 1. The highest BCUT2D eigenvalue weighted by Crippen LogP contribution is 2.32. The van der Waals surface area contributed by atoms with Crippen LogP contribution in [0.1, 0.15) is 18.4 Å². The van der Waals surface area contributed by atoms with Crippen LogP contribution in [0.3, 0.4) is 0 Å².